The zero-order chi connectivity index (χ0) is 13.7. The lowest BCUT2D eigenvalue weighted by Crippen LogP contribution is -2.29. The second-order valence-corrected chi connectivity index (χ2v) is 4.25. The lowest BCUT2D eigenvalue weighted by molar-refractivity contribution is 0.0911. The molecule has 5 nitrogen and oxygen atoms in total. The van der Waals surface area contributed by atoms with E-state index in [1.807, 2.05) is 18.2 Å². The Labute approximate surface area is 115 Å². The quantitative estimate of drug-likeness (QED) is 0.890. The third-order valence-corrected chi connectivity index (χ3v) is 2.69. The number of halogens is 1. The van der Waals surface area contributed by atoms with E-state index in [2.05, 4.69) is 15.3 Å². The third-order valence-electron chi connectivity index (χ3n) is 2.49. The van der Waals surface area contributed by atoms with Gasteiger partial charge in [-0.2, -0.15) is 0 Å². The lowest BCUT2D eigenvalue weighted by Gasteiger charge is -2.11. The number of hydrogen-bond donors (Lipinski definition) is 2. The normalized spacial score (nSPS) is 11.9. The van der Waals surface area contributed by atoms with E-state index in [9.17, 15) is 9.90 Å². The second-order valence-electron chi connectivity index (χ2n) is 3.86. The molecule has 0 saturated carbocycles. The number of nitrogens with zero attached hydrogens (tertiary/aromatic N) is 2. The predicted molar refractivity (Wildman–Crippen MR) is 70.8 cm³/mol. The highest BCUT2D eigenvalue weighted by atomic mass is 35.5. The molecule has 0 bridgehead atoms. The van der Waals surface area contributed by atoms with E-state index in [-0.39, 0.29) is 17.4 Å². The molecule has 0 saturated heterocycles. The van der Waals surface area contributed by atoms with Crippen LogP contribution < -0.4 is 5.32 Å². The summed E-state index contributed by atoms with van der Waals surface area (Å²) in [5.41, 5.74) is 0.898. The Morgan fingerprint density at radius 2 is 2.00 bits per heavy atom. The fraction of sp³-hybridized carbons (Fsp3) is 0.154. The van der Waals surface area contributed by atoms with Crippen molar-refractivity contribution >= 4 is 17.5 Å². The second kappa shape index (κ2) is 6.26. The summed E-state index contributed by atoms with van der Waals surface area (Å²) >= 11 is 5.58. The minimum absolute atomic E-state index is 0.104. The monoisotopic (exact) mass is 277 g/mol. The van der Waals surface area contributed by atoms with Crippen molar-refractivity contribution < 1.29 is 9.90 Å². The van der Waals surface area contributed by atoms with Crippen molar-refractivity contribution in [1.29, 1.82) is 0 Å². The summed E-state index contributed by atoms with van der Waals surface area (Å²) in [6, 6.07) is 9.09. The average Bonchev–Trinajstić information content (AvgIpc) is 2.46. The molecule has 1 unspecified atom stereocenters. The fourth-order valence-corrected chi connectivity index (χ4v) is 1.60. The molecule has 6 heteroatoms. The smallest absolute Gasteiger partial charge is 0.271 e. The van der Waals surface area contributed by atoms with Gasteiger partial charge < -0.3 is 10.4 Å². The minimum Gasteiger partial charge on any atom is -0.387 e. The van der Waals surface area contributed by atoms with Crippen LogP contribution in [0, 0.1) is 0 Å². The van der Waals surface area contributed by atoms with Crippen LogP contribution in [0.1, 0.15) is 22.2 Å². The number of benzene rings is 1. The van der Waals surface area contributed by atoms with Crippen LogP contribution in [-0.4, -0.2) is 27.5 Å². The summed E-state index contributed by atoms with van der Waals surface area (Å²) in [6.07, 6.45) is 1.82. The standard InChI is InChI=1S/C13H12ClN3O2/c14-12-8-15-10(6-16-12)13(19)17-7-11(18)9-4-2-1-3-5-9/h1-6,8,11,18H,7H2,(H,17,19). The Morgan fingerprint density at radius 3 is 2.63 bits per heavy atom. The van der Waals surface area contributed by atoms with Crippen molar-refractivity contribution in [3.63, 3.8) is 0 Å². The van der Waals surface area contributed by atoms with Gasteiger partial charge in [0.25, 0.3) is 5.91 Å². The van der Waals surface area contributed by atoms with Crippen LogP contribution in [0.25, 0.3) is 0 Å². The topological polar surface area (TPSA) is 75.1 Å². The molecular weight excluding hydrogens is 266 g/mol. The van der Waals surface area contributed by atoms with Crippen molar-refractivity contribution in [2.45, 2.75) is 6.10 Å². The van der Waals surface area contributed by atoms with Crippen LogP contribution in [-0.2, 0) is 0 Å². The maximum absolute atomic E-state index is 11.7. The van der Waals surface area contributed by atoms with Crippen LogP contribution in [0.4, 0.5) is 0 Å². The molecule has 98 valence electrons. The molecule has 2 aromatic rings. The lowest BCUT2D eigenvalue weighted by atomic mass is 10.1. The molecule has 1 heterocycles. The number of aliphatic hydroxyl groups is 1. The highest BCUT2D eigenvalue weighted by Crippen LogP contribution is 2.10. The Hall–Kier alpha value is -1.98. The summed E-state index contributed by atoms with van der Waals surface area (Å²) in [7, 11) is 0. The van der Waals surface area contributed by atoms with Crippen LogP contribution in [0.15, 0.2) is 42.7 Å². The van der Waals surface area contributed by atoms with Gasteiger partial charge in [0.1, 0.15) is 10.8 Å². The largest absolute Gasteiger partial charge is 0.387 e. The first kappa shape index (κ1) is 13.5. The summed E-state index contributed by atoms with van der Waals surface area (Å²) in [4.78, 5) is 19.3. The van der Waals surface area contributed by atoms with Gasteiger partial charge in [0.2, 0.25) is 0 Å². The van der Waals surface area contributed by atoms with E-state index in [0.717, 1.165) is 5.56 Å². The first-order valence-electron chi connectivity index (χ1n) is 5.65. The van der Waals surface area contributed by atoms with Gasteiger partial charge in [-0.3, -0.25) is 4.79 Å². The van der Waals surface area contributed by atoms with Gasteiger partial charge in [-0.05, 0) is 5.56 Å². The SMILES string of the molecule is O=C(NCC(O)c1ccccc1)c1cnc(Cl)cn1. The molecule has 0 aliphatic carbocycles. The van der Waals surface area contributed by atoms with Gasteiger partial charge in [0.15, 0.2) is 0 Å². The molecule has 1 atom stereocenters. The molecule has 1 amide bonds. The van der Waals surface area contributed by atoms with E-state index < -0.39 is 12.0 Å². The summed E-state index contributed by atoms with van der Waals surface area (Å²) in [5, 5.41) is 12.7. The number of rotatable bonds is 4. The van der Waals surface area contributed by atoms with E-state index in [1.165, 1.54) is 12.4 Å². The van der Waals surface area contributed by atoms with Crippen molar-refractivity contribution in [3.05, 3.63) is 59.1 Å². The Kier molecular flexibility index (Phi) is 4.43. The van der Waals surface area contributed by atoms with Gasteiger partial charge in [-0.1, -0.05) is 41.9 Å². The molecule has 0 fully saturated rings. The molecule has 1 aromatic carbocycles. The number of amides is 1. The van der Waals surface area contributed by atoms with Crippen LogP contribution in [0.2, 0.25) is 5.15 Å². The number of aliphatic hydroxyl groups excluding tert-OH is 1. The van der Waals surface area contributed by atoms with Gasteiger partial charge in [0.05, 0.1) is 18.5 Å². The average molecular weight is 278 g/mol. The van der Waals surface area contributed by atoms with Gasteiger partial charge in [-0.25, -0.2) is 9.97 Å². The number of hydrogen-bond acceptors (Lipinski definition) is 4. The van der Waals surface area contributed by atoms with Crippen LogP contribution in [0.3, 0.4) is 0 Å². The van der Waals surface area contributed by atoms with Crippen LogP contribution >= 0.6 is 11.6 Å². The Bertz CT molecular complexity index is 546. The van der Waals surface area contributed by atoms with Crippen molar-refractivity contribution in [1.82, 2.24) is 15.3 Å². The van der Waals surface area contributed by atoms with E-state index >= 15 is 0 Å². The Morgan fingerprint density at radius 1 is 1.26 bits per heavy atom. The molecule has 1 aromatic heterocycles. The molecule has 0 aliphatic heterocycles. The molecule has 2 N–H and O–H groups in total. The first-order valence-corrected chi connectivity index (χ1v) is 6.03. The van der Waals surface area contributed by atoms with Gasteiger partial charge in [0, 0.05) is 6.54 Å². The van der Waals surface area contributed by atoms with Crippen molar-refractivity contribution in [2.75, 3.05) is 6.54 Å². The maximum atomic E-state index is 11.7. The highest BCUT2D eigenvalue weighted by Gasteiger charge is 2.11. The number of carbonyl (C=O) groups excluding carboxylic acids is 1. The predicted octanol–water partition coefficient (Wildman–Crippen LogP) is 1.59. The molecule has 0 radical (unpaired) electrons. The molecule has 0 spiro atoms. The zero-order valence-electron chi connectivity index (χ0n) is 9.95. The van der Waals surface area contributed by atoms with Crippen LogP contribution in [0.5, 0.6) is 0 Å². The van der Waals surface area contributed by atoms with Gasteiger partial charge in [-0.15, -0.1) is 0 Å². The maximum Gasteiger partial charge on any atom is 0.271 e. The number of nitrogens with one attached hydrogen (secondary N) is 1. The van der Waals surface area contributed by atoms with Crippen molar-refractivity contribution in [3.8, 4) is 0 Å². The van der Waals surface area contributed by atoms with E-state index in [0.29, 0.717) is 0 Å². The number of aromatic nitrogens is 2. The molecule has 19 heavy (non-hydrogen) atoms. The fourth-order valence-electron chi connectivity index (χ4n) is 1.50. The zero-order valence-corrected chi connectivity index (χ0v) is 10.7. The molecule has 0 aliphatic rings. The summed E-state index contributed by atoms with van der Waals surface area (Å²) in [6.45, 7) is 0.104. The number of carbonyl (C=O) groups is 1. The van der Waals surface area contributed by atoms with E-state index in [4.69, 9.17) is 11.6 Å². The summed E-state index contributed by atoms with van der Waals surface area (Å²) in [5.74, 6) is -0.404. The molecular formula is C13H12ClN3O2. The Balaban J connectivity index is 1.92. The van der Waals surface area contributed by atoms with Crippen molar-refractivity contribution in [2.24, 2.45) is 0 Å². The highest BCUT2D eigenvalue weighted by molar-refractivity contribution is 6.29. The van der Waals surface area contributed by atoms with E-state index in [1.54, 1.807) is 12.1 Å². The third kappa shape index (κ3) is 3.74. The first-order chi connectivity index (χ1) is 9.16. The van der Waals surface area contributed by atoms with Gasteiger partial charge >= 0.3 is 0 Å². The minimum atomic E-state index is -0.759. The molecule has 2 rings (SSSR count). The summed E-state index contributed by atoms with van der Waals surface area (Å²) < 4.78 is 0.